The lowest BCUT2D eigenvalue weighted by molar-refractivity contribution is -0.113. The van der Waals surface area contributed by atoms with Crippen molar-refractivity contribution in [2.75, 3.05) is 11.1 Å². The Balaban J connectivity index is 1.61. The van der Waals surface area contributed by atoms with Crippen molar-refractivity contribution in [3.05, 3.63) is 68.9 Å². The molecule has 1 atom stereocenters. The second-order valence-electron chi connectivity index (χ2n) is 7.66. The van der Waals surface area contributed by atoms with Crippen LogP contribution in [0.1, 0.15) is 45.8 Å². The molecule has 7 nitrogen and oxygen atoms in total. The van der Waals surface area contributed by atoms with E-state index in [-0.39, 0.29) is 23.6 Å². The van der Waals surface area contributed by atoms with E-state index in [1.807, 2.05) is 65.1 Å². The molecule has 0 saturated carbocycles. The number of hydrogen-bond donors (Lipinski definition) is 2. The average molecular weight is 516 g/mol. The monoisotopic (exact) mass is 515 g/mol. The number of anilines is 1. The van der Waals surface area contributed by atoms with Crippen LogP contribution in [-0.2, 0) is 11.8 Å². The van der Waals surface area contributed by atoms with E-state index in [0.717, 1.165) is 26.9 Å². The van der Waals surface area contributed by atoms with Crippen LogP contribution in [0.25, 0.3) is 0 Å². The first kappa shape index (κ1) is 24.0. The van der Waals surface area contributed by atoms with Gasteiger partial charge in [0.15, 0.2) is 11.0 Å². The third-order valence-electron chi connectivity index (χ3n) is 5.09. The van der Waals surface area contributed by atoms with Crippen molar-refractivity contribution in [3.8, 4) is 0 Å². The van der Waals surface area contributed by atoms with Gasteiger partial charge in [-0.05, 0) is 62.6 Å². The molecule has 0 unspecified atom stereocenters. The van der Waals surface area contributed by atoms with Gasteiger partial charge in [0.1, 0.15) is 0 Å². The Morgan fingerprint density at radius 1 is 1.09 bits per heavy atom. The maximum atomic E-state index is 12.6. The normalized spacial score (nSPS) is 11.8. The van der Waals surface area contributed by atoms with Gasteiger partial charge in [-0.2, -0.15) is 0 Å². The summed E-state index contributed by atoms with van der Waals surface area (Å²) in [7, 11) is 1.83. The summed E-state index contributed by atoms with van der Waals surface area (Å²) in [5.74, 6) is 0.543. The van der Waals surface area contributed by atoms with Gasteiger partial charge in [0.05, 0.1) is 11.8 Å². The van der Waals surface area contributed by atoms with E-state index in [2.05, 4.69) is 36.8 Å². The van der Waals surface area contributed by atoms with Gasteiger partial charge < -0.3 is 15.2 Å². The number of aromatic nitrogens is 3. The van der Waals surface area contributed by atoms with Gasteiger partial charge in [0.2, 0.25) is 5.91 Å². The number of thioether (sulfide) groups is 1. The molecule has 0 radical (unpaired) electrons. The second-order valence-corrected chi connectivity index (χ2v) is 9.52. The maximum Gasteiger partial charge on any atom is 0.252 e. The third kappa shape index (κ3) is 5.58. The molecule has 2 aromatic carbocycles. The van der Waals surface area contributed by atoms with Crippen molar-refractivity contribution in [2.24, 2.45) is 7.05 Å². The first-order valence-electron chi connectivity index (χ1n) is 10.1. The minimum absolute atomic E-state index is 0.117. The lowest BCUT2D eigenvalue weighted by Crippen LogP contribution is -2.29. The number of halogens is 1. The van der Waals surface area contributed by atoms with Crippen LogP contribution < -0.4 is 10.6 Å². The summed E-state index contributed by atoms with van der Waals surface area (Å²) < 4.78 is 2.78. The van der Waals surface area contributed by atoms with Crippen molar-refractivity contribution < 1.29 is 9.59 Å². The minimum atomic E-state index is -0.337. The molecule has 0 aliphatic heterocycles. The molecular weight excluding hydrogens is 490 g/mol. The SMILES string of the molecule is Cc1ccccc1C(=O)N[C@H](C)c1nnc(SCC(=O)Nc2c(C)cc(Br)cc2C)n1C. The van der Waals surface area contributed by atoms with E-state index in [4.69, 9.17) is 0 Å². The van der Waals surface area contributed by atoms with Crippen LogP contribution in [0.2, 0.25) is 0 Å². The number of hydrogen-bond acceptors (Lipinski definition) is 5. The number of nitrogens with one attached hydrogen (secondary N) is 2. The standard InChI is InChI=1S/C23H26BrN5O2S/c1-13-8-6-7-9-18(13)22(31)25-16(4)21-27-28-23(29(21)5)32-12-19(30)26-20-14(2)10-17(24)11-15(20)3/h6-11,16H,12H2,1-5H3,(H,25,31)(H,26,30)/t16-/m1/s1. The molecule has 0 spiro atoms. The number of benzene rings is 2. The molecule has 2 N–H and O–H groups in total. The van der Waals surface area contributed by atoms with E-state index in [1.54, 1.807) is 10.6 Å². The molecule has 1 heterocycles. The lowest BCUT2D eigenvalue weighted by atomic mass is 10.1. The number of rotatable bonds is 7. The number of nitrogens with zero attached hydrogens (tertiary/aromatic N) is 3. The van der Waals surface area contributed by atoms with Gasteiger partial charge in [0.25, 0.3) is 5.91 Å². The van der Waals surface area contributed by atoms with E-state index in [1.165, 1.54) is 11.8 Å². The zero-order valence-electron chi connectivity index (χ0n) is 18.7. The fourth-order valence-electron chi connectivity index (χ4n) is 3.41. The van der Waals surface area contributed by atoms with Crippen LogP contribution in [-0.4, -0.2) is 32.3 Å². The molecule has 0 fully saturated rings. The van der Waals surface area contributed by atoms with Crippen LogP contribution in [0, 0.1) is 20.8 Å². The molecule has 2 amide bonds. The summed E-state index contributed by atoms with van der Waals surface area (Å²) in [5.41, 5.74) is 4.36. The summed E-state index contributed by atoms with van der Waals surface area (Å²) in [6.07, 6.45) is 0. The fraction of sp³-hybridized carbons (Fsp3) is 0.304. The Morgan fingerprint density at radius 2 is 1.75 bits per heavy atom. The van der Waals surface area contributed by atoms with Gasteiger partial charge in [-0.3, -0.25) is 9.59 Å². The highest BCUT2D eigenvalue weighted by Gasteiger charge is 2.20. The van der Waals surface area contributed by atoms with Crippen LogP contribution in [0.5, 0.6) is 0 Å². The second kappa shape index (κ2) is 10.3. The molecule has 3 aromatic rings. The van der Waals surface area contributed by atoms with Crippen LogP contribution in [0.4, 0.5) is 5.69 Å². The number of carbonyl (C=O) groups excluding carboxylic acids is 2. The smallest absolute Gasteiger partial charge is 0.252 e. The Bertz CT molecular complexity index is 1140. The Morgan fingerprint density at radius 3 is 2.41 bits per heavy atom. The van der Waals surface area contributed by atoms with E-state index < -0.39 is 0 Å². The minimum Gasteiger partial charge on any atom is -0.342 e. The lowest BCUT2D eigenvalue weighted by Gasteiger charge is -2.15. The Kier molecular flexibility index (Phi) is 7.73. The summed E-state index contributed by atoms with van der Waals surface area (Å²) in [6, 6.07) is 11.0. The fourth-order valence-corrected chi connectivity index (χ4v) is 4.81. The van der Waals surface area contributed by atoms with Crippen molar-refractivity contribution >= 4 is 45.2 Å². The van der Waals surface area contributed by atoms with Crippen LogP contribution in [0.3, 0.4) is 0 Å². The molecule has 0 aliphatic carbocycles. The predicted molar refractivity (Wildman–Crippen MR) is 131 cm³/mol. The molecule has 9 heteroatoms. The molecule has 0 saturated heterocycles. The zero-order chi connectivity index (χ0) is 23.4. The largest absolute Gasteiger partial charge is 0.342 e. The maximum absolute atomic E-state index is 12.6. The summed E-state index contributed by atoms with van der Waals surface area (Å²) in [5, 5.41) is 15.0. The van der Waals surface area contributed by atoms with Crippen molar-refractivity contribution in [3.63, 3.8) is 0 Å². The van der Waals surface area contributed by atoms with E-state index >= 15 is 0 Å². The highest BCUT2D eigenvalue weighted by atomic mass is 79.9. The number of carbonyl (C=O) groups is 2. The first-order chi connectivity index (χ1) is 15.2. The van der Waals surface area contributed by atoms with Gasteiger partial charge in [-0.25, -0.2) is 0 Å². The number of amides is 2. The molecular formula is C23H26BrN5O2S. The molecule has 1 aromatic heterocycles. The summed E-state index contributed by atoms with van der Waals surface area (Å²) >= 11 is 4.77. The van der Waals surface area contributed by atoms with Crippen molar-refractivity contribution in [2.45, 2.75) is 38.9 Å². The molecule has 3 rings (SSSR count). The third-order valence-corrected chi connectivity index (χ3v) is 6.57. The molecule has 168 valence electrons. The van der Waals surface area contributed by atoms with E-state index in [0.29, 0.717) is 16.5 Å². The van der Waals surface area contributed by atoms with Crippen LogP contribution in [0.15, 0.2) is 46.0 Å². The summed E-state index contributed by atoms with van der Waals surface area (Å²) in [4.78, 5) is 25.1. The van der Waals surface area contributed by atoms with Gasteiger partial charge in [-0.15, -0.1) is 10.2 Å². The van der Waals surface area contributed by atoms with Crippen molar-refractivity contribution in [1.82, 2.24) is 20.1 Å². The van der Waals surface area contributed by atoms with Gasteiger partial charge in [0, 0.05) is 22.8 Å². The Hall–Kier alpha value is -2.65. The first-order valence-corrected chi connectivity index (χ1v) is 11.9. The van der Waals surface area contributed by atoms with Crippen molar-refractivity contribution in [1.29, 1.82) is 0 Å². The van der Waals surface area contributed by atoms with Gasteiger partial charge in [-0.1, -0.05) is 45.9 Å². The highest BCUT2D eigenvalue weighted by molar-refractivity contribution is 9.10. The number of aryl methyl sites for hydroxylation is 3. The zero-order valence-corrected chi connectivity index (χ0v) is 21.1. The topological polar surface area (TPSA) is 88.9 Å². The van der Waals surface area contributed by atoms with Crippen LogP contribution >= 0.6 is 27.7 Å². The highest BCUT2D eigenvalue weighted by Crippen LogP contribution is 2.26. The van der Waals surface area contributed by atoms with Gasteiger partial charge >= 0.3 is 0 Å². The molecule has 0 aliphatic rings. The quantitative estimate of drug-likeness (QED) is 0.444. The predicted octanol–water partition coefficient (Wildman–Crippen LogP) is 4.72. The summed E-state index contributed by atoms with van der Waals surface area (Å²) in [6.45, 7) is 7.68. The average Bonchev–Trinajstić information content (AvgIpc) is 3.09. The molecule has 0 bridgehead atoms. The van der Waals surface area contributed by atoms with E-state index in [9.17, 15) is 9.59 Å². The Labute approximate surface area is 200 Å². The molecule has 32 heavy (non-hydrogen) atoms.